The minimum Gasteiger partial charge on any atom is -0.370 e. The van der Waals surface area contributed by atoms with Gasteiger partial charge in [0.05, 0.1) is 5.92 Å². The van der Waals surface area contributed by atoms with Gasteiger partial charge in [-0.15, -0.1) is 0 Å². The minimum atomic E-state index is -0.373. The van der Waals surface area contributed by atoms with E-state index in [1.165, 1.54) is 0 Å². The average molecular weight is 289 g/mol. The summed E-state index contributed by atoms with van der Waals surface area (Å²) >= 11 is 0. The summed E-state index contributed by atoms with van der Waals surface area (Å²) in [6.07, 6.45) is 2.14. The topological polar surface area (TPSA) is 75.4 Å². The molecular weight excluding hydrogens is 266 g/mol. The summed E-state index contributed by atoms with van der Waals surface area (Å²) < 4.78 is 0. The summed E-state index contributed by atoms with van der Waals surface area (Å²) in [7, 11) is 0. The zero-order valence-electron chi connectivity index (χ0n) is 12.3. The normalized spacial score (nSPS) is 18.2. The first-order valence-electron chi connectivity index (χ1n) is 7.48. The van der Waals surface area contributed by atoms with E-state index in [4.69, 9.17) is 5.73 Å². The van der Waals surface area contributed by atoms with Gasteiger partial charge in [0, 0.05) is 26.1 Å². The van der Waals surface area contributed by atoms with Gasteiger partial charge >= 0.3 is 0 Å². The quantitative estimate of drug-likeness (QED) is 0.816. The fourth-order valence-electron chi connectivity index (χ4n) is 2.64. The Hall–Kier alpha value is -1.88. The maximum absolute atomic E-state index is 12.6. The van der Waals surface area contributed by atoms with Crippen molar-refractivity contribution in [3.05, 3.63) is 35.9 Å². The Balaban J connectivity index is 2.03. The molecule has 1 aromatic carbocycles. The van der Waals surface area contributed by atoms with Gasteiger partial charge in [-0.2, -0.15) is 0 Å². The van der Waals surface area contributed by atoms with Crippen LogP contribution in [0.1, 0.15) is 24.8 Å². The van der Waals surface area contributed by atoms with Crippen LogP contribution in [0.3, 0.4) is 0 Å². The number of primary amides is 1. The molecule has 1 aliphatic heterocycles. The molecule has 114 valence electrons. The highest BCUT2D eigenvalue weighted by Crippen LogP contribution is 2.16. The molecule has 5 heteroatoms. The highest BCUT2D eigenvalue weighted by Gasteiger charge is 2.26. The number of rotatable bonds is 6. The van der Waals surface area contributed by atoms with Gasteiger partial charge in [0.1, 0.15) is 0 Å². The van der Waals surface area contributed by atoms with Gasteiger partial charge in [0.25, 0.3) is 0 Å². The van der Waals surface area contributed by atoms with Crippen molar-refractivity contribution in [2.75, 3.05) is 19.6 Å². The molecule has 1 aliphatic rings. The van der Waals surface area contributed by atoms with Crippen molar-refractivity contribution < 1.29 is 9.59 Å². The van der Waals surface area contributed by atoms with E-state index in [-0.39, 0.29) is 24.2 Å². The number of piperidine rings is 1. The largest absolute Gasteiger partial charge is 0.370 e. The lowest BCUT2D eigenvalue weighted by Crippen LogP contribution is -2.43. The van der Waals surface area contributed by atoms with E-state index in [9.17, 15) is 9.59 Å². The van der Waals surface area contributed by atoms with Crippen molar-refractivity contribution in [3.8, 4) is 0 Å². The molecule has 0 spiro atoms. The van der Waals surface area contributed by atoms with Crippen LogP contribution in [0.25, 0.3) is 0 Å². The average Bonchev–Trinajstić information content (AvgIpc) is 2.52. The van der Waals surface area contributed by atoms with Crippen molar-refractivity contribution in [2.45, 2.75) is 25.8 Å². The summed E-state index contributed by atoms with van der Waals surface area (Å²) in [4.78, 5) is 25.4. The van der Waals surface area contributed by atoms with E-state index in [2.05, 4.69) is 5.32 Å². The molecular formula is C16H23N3O2. The molecule has 2 amide bonds. The smallest absolute Gasteiger partial charge is 0.227 e. The lowest BCUT2D eigenvalue weighted by atomic mass is 9.97. The number of nitrogens with two attached hydrogens (primary N) is 1. The summed E-state index contributed by atoms with van der Waals surface area (Å²) in [5, 5.41) is 3.26. The molecule has 1 heterocycles. The molecule has 0 aliphatic carbocycles. The number of hydrogen-bond acceptors (Lipinski definition) is 3. The molecule has 0 saturated carbocycles. The van der Waals surface area contributed by atoms with Crippen molar-refractivity contribution in [2.24, 2.45) is 11.7 Å². The fraction of sp³-hybridized carbons (Fsp3) is 0.500. The second kappa shape index (κ2) is 7.78. The van der Waals surface area contributed by atoms with Crippen molar-refractivity contribution in [1.82, 2.24) is 10.2 Å². The molecule has 21 heavy (non-hydrogen) atoms. The van der Waals surface area contributed by atoms with Gasteiger partial charge in [-0.05, 0) is 24.9 Å². The molecule has 0 aromatic heterocycles. The van der Waals surface area contributed by atoms with Gasteiger partial charge in [-0.3, -0.25) is 9.59 Å². The molecule has 1 aromatic rings. The summed E-state index contributed by atoms with van der Waals surface area (Å²) in [6, 6.07) is 9.83. The Morgan fingerprint density at radius 2 is 2.05 bits per heavy atom. The third kappa shape index (κ3) is 4.86. The highest BCUT2D eigenvalue weighted by atomic mass is 16.2. The van der Waals surface area contributed by atoms with Gasteiger partial charge in [-0.1, -0.05) is 30.3 Å². The van der Waals surface area contributed by atoms with E-state index >= 15 is 0 Å². The van der Waals surface area contributed by atoms with Crippen molar-refractivity contribution in [3.63, 3.8) is 0 Å². The maximum atomic E-state index is 12.6. The Labute approximate surface area is 125 Å². The molecule has 0 bridgehead atoms. The number of carbonyl (C=O) groups is 2. The molecule has 1 saturated heterocycles. The van der Waals surface area contributed by atoms with Crippen LogP contribution in [0.5, 0.6) is 0 Å². The predicted octanol–water partition coefficient (Wildman–Crippen LogP) is 0.890. The first-order valence-corrected chi connectivity index (χ1v) is 7.48. The molecule has 1 fully saturated rings. The second-order valence-electron chi connectivity index (χ2n) is 5.50. The maximum Gasteiger partial charge on any atom is 0.227 e. The Bertz CT molecular complexity index is 470. The van der Waals surface area contributed by atoms with Gasteiger partial charge in [0.15, 0.2) is 0 Å². The number of carbonyl (C=O) groups excluding carboxylic acids is 2. The molecule has 1 atom stereocenters. The third-order valence-corrected chi connectivity index (χ3v) is 3.80. The highest BCUT2D eigenvalue weighted by molar-refractivity contribution is 5.80. The van der Waals surface area contributed by atoms with Gasteiger partial charge < -0.3 is 16.0 Å². The predicted molar refractivity (Wildman–Crippen MR) is 81.3 cm³/mol. The lowest BCUT2D eigenvalue weighted by molar-refractivity contribution is -0.137. The number of nitrogens with one attached hydrogen (secondary N) is 1. The minimum absolute atomic E-state index is 0.00957. The monoisotopic (exact) mass is 289 g/mol. The van der Waals surface area contributed by atoms with E-state index in [0.29, 0.717) is 13.1 Å². The molecule has 5 nitrogen and oxygen atoms in total. The fourth-order valence-corrected chi connectivity index (χ4v) is 2.64. The summed E-state index contributed by atoms with van der Waals surface area (Å²) in [5.41, 5.74) is 6.29. The van der Waals surface area contributed by atoms with Crippen LogP contribution >= 0.6 is 0 Å². The SMILES string of the molecule is NC(=O)CCN(Cc1ccccc1)C(=O)[C@H]1CCCNC1. The van der Waals surface area contributed by atoms with Gasteiger partial charge in [-0.25, -0.2) is 0 Å². The van der Waals surface area contributed by atoms with Crippen LogP contribution in [-0.4, -0.2) is 36.3 Å². The first-order chi connectivity index (χ1) is 10.2. The van der Waals surface area contributed by atoms with Crippen LogP contribution in [0, 0.1) is 5.92 Å². The number of hydrogen-bond donors (Lipinski definition) is 2. The first kappa shape index (κ1) is 15.5. The van der Waals surface area contributed by atoms with Crippen LogP contribution in [0.4, 0.5) is 0 Å². The molecule has 0 radical (unpaired) electrons. The van der Waals surface area contributed by atoms with E-state index in [1.54, 1.807) is 4.90 Å². The Morgan fingerprint density at radius 1 is 1.29 bits per heavy atom. The van der Waals surface area contributed by atoms with Crippen LogP contribution < -0.4 is 11.1 Å². The standard InChI is InChI=1S/C16H23N3O2/c17-15(20)8-10-19(12-13-5-2-1-3-6-13)16(21)14-7-4-9-18-11-14/h1-3,5-6,14,18H,4,7-12H2,(H2,17,20)/t14-/m0/s1. The van der Waals surface area contributed by atoms with Crippen molar-refractivity contribution >= 4 is 11.8 Å². The lowest BCUT2D eigenvalue weighted by Gasteiger charge is -2.29. The van der Waals surface area contributed by atoms with Crippen molar-refractivity contribution in [1.29, 1.82) is 0 Å². The van der Waals surface area contributed by atoms with E-state index in [1.807, 2.05) is 30.3 Å². The zero-order valence-corrected chi connectivity index (χ0v) is 12.3. The molecule has 0 unspecified atom stereocenters. The molecule has 3 N–H and O–H groups in total. The third-order valence-electron chi connectivity index (χ3n) is 3.80. The Kier molecular flexibility index (Phi) is 5.75. The zero-order chi connectivity index (χ0) is 15.1. The second-order valence-corrected chi connectivity index (χ2v) is 5.50. The van der Waals surface area contributed by atoms with Crippen LogP contribution in [0.2, 0.25) is 0 Å². The van der Waals surface area contributed by atoms with Gasteiger partial charge in [0.2, 0.25) is 11.8 Å². The number of benzene rings is 1. The van der Waals surface area contributed by atoms with Crippen LogP contribution in [0.15, 0.2) is 30.3 Å². The molecule has 2 rings (SSSR count). The summed E-state index contributed by atoms with van der Waals surface area (Å²) in [5.74, 6) is -0.245. The summed E-state index contributed by atoms with van der Waals surface area (Å²) in [6.45, 7) is 2.62. The van der Waals surface area contributed by atoms with E-state index in [0.717, 1.165) is 31.5 Å². The number of amides is 2. The Morgan fingerprint density at radius 3 is 2.67 bits per heavy atom. The van der Waals surface area contributed by atoms with E-state index < -0.39 is 0 Å². The number of nitrogens with zero attached hydrogens (tertiary/aromatic N) is 1. The van der Waals surface area contributed by atoms with Crippen LogP contribution in [-0.2, 0) is 16.1 Å².